The van der Waals surface area contributed by atoms with E-state index in [1.165, 1.54) is 37.8 Å². The molecule has 1 aromatic carbocycles. The third-order valence-corrected chi connectivity index (χ3v) is 3.76. The van der Waals surface area contributed by atoms with E-state index in [0.717, 1.165) is 12.1 Å². The summed E-state index contributed by atoms with van der Waals surface area (Å²) in [4.78, 5) is 11.6. The zero-order valence-corrected chi connectivity index (χ0v) is 12.0. The molecule has 0 aromatic heterocycles. The lowest BCUT2D eigenvalue weighted by atomic mass is 10.2. The van der Waals surface area contributed by atoms with E-state index in [-0.39, 0.29) is 18.3 Å². The van der Waals surface area contributed by atoms with Crippen LogP contribution in [0.2, 0.25) is 0 Å². The predicted molar refractivity (Wildman–Crippen MR) is 77.5 cm³/mol. The molecule has 2 N–H and O–H groups in total. The second-order valence-corrected chi connectivity index (χ2v) is 5.99. The van der Waals surface area contributed by atoms with E-state index < -0.39 is 0 Å². The molecular weight excluding hydrogens is 271 g/mol. The van der Waals surface area contributed by atoms with E-state index in [1.807, 2.05) is 0 Å². The number of carbonyl (C=O) groups excluding carboxylic acids is 1. The van der Waals surface area contributed by atoms with Crippen molar-refractivity contribution in [2.75, 3.05) is 13.2 Å². The maximum absolute atomic E-state index is 13.5. The lowest BCUT2D eigenvalue weighted by Crippen LogP contribution is -2.30. The van der Waals surface area contributed by atoms with E-state index in [9.17, 15) is 9.18 Å². The fraction of sp³-hybridized carbons (Fsp3) is 0.562. The van der Waals surface area contributed by atoms with Gasteiger partial charge in [0.15, 0.2) is 6.61 Å². The van der Waals surface area contributed by atoms with Gasteiger partial charge < -0.3 is 15.4 Å². The molecule has 21 heavy (non-hydrogen) atoms. The summed E-state index contributed by atoms with van der Waals surface area (Å²) in [5.74, 6) is 0.565. The molecule has 5 heteroatoms. The number of amides is 1. The van der Waals surface area contributed by atoms with Crippen molar-refractivity contribution in [3.63, 3.8) is 0 Å². The Balaban J connectivity index is 1.47. The van der Waals surface area contributed by atoms with Gasteiger partial charge in [-0.25, -0.2) is 4.39 Å². The number of benzene rings is 1. The minimum Gasteiger partial charge on any atom is -0.484 e. The predicted octanol–water partition coefficient (Wildman–Crippen LogP) is 1.98. The lowest BCUT2D eigenvalue weighted by molar-refractivity contribution is -0.123. The number of nitrogens with one attached hydrogen (secondary N) is 2. The summed E-state index contributed by atoms with van der Waals surface area (Å²) < 4.78 is 18.9. The van der Waals surface area contributed by atoms with Crippen LogP contribution in [0.25, 0.3) is 0 Å². The summed E-state index contributed by atoms with van der Waals surface area (Å²) in [6, 6.07) is 5.17. The van der Waals surface area contributed by atoms with Gasteiger partial charge in [0.1, 0.15) is 11.6 Å². The average Bonchev–Trinajstić information content (AvgIpc) is 3.35. The Morgan fingerprint density at radius 1 is 1.24 bits per heavy atom. The van der Waals surface area contributed by atoms with Crippen molar-refractivity contribution in [1.29, 1.82) is 0 Å². The van der Waals surface area contributed by atoms with E-state index in [4.69, 9.17) is 4.74 Å². The summed E-state index contributed by atoms with van der Waals surface area (Å²) in [5.41, 5.74) is 0.843. The zero-order chi connectivity index (χ0) is 14.7. The molecule has 0 atom stereocenters. The number of carbonyl (C=O) groups is 1. The number of hydrogen-bond acceptors (Lipinski definition) is 3. The maximum atomic E-state index is 13.5. The highest BCUT2D eigenvalue weighted by molar-refractivity contribution is 5.77. The van der Waals surface area contributed by atoms with Crippen LogP contribution in [0.1, 0.15) is 31.2 Å². The molecule has 0 saturated heterocycles. The Hall–Kier alpha value is -1.62. The second-order valence-electron chi connectivity index (χ2n) is 5.99. The van der Waals surface area contributed by atoms with Crippen molar-refractivity contribution in [1.82, 2.24) is 10.6 Å². The number of hydrogen-bond donors (Lipinski definition) is 2. The van der Waals surface area contributed by atoms with Gasteiger partial charge >= 0.3 is 0 Å². The highest BCUT2D eigenvalue weighted by Crippen LogP contribution is 2.27. The molecule has 1 aromatic rings. The molecule has 0 spiro atoms. The Morgan fingerprint density at radius 2 is 2.05 bits per heavy atom. The summed E-state index contributed by atoms with van der Waals surface area (Å²) in [7, 11) is 0. The van der Waals surface area contributed by atoms with E-state index >= 15 is 0 Å². The molecule has 2 aliphatic rings. The molecule has 0 bridgehead atoms. The zero-order valence-electron chi connectivity index (χ0n) is 12.0. The average molecular weight is 292 g/mol. The summed E-state index contributed by atoms with van der Waals surface area (Å²) in [6.45, 7) is 1.29. The molecule has 0 radical (unpaired) electrons. The first-order valence-electron chi connectivity index (χ1n) is 7.61. The number of rotatable bonds is 8. The van der Waals surface area contributed by atoms with Crippen molar-refractivity contribution >= 4 is 5.91 Å². The van der Waals surface area contributed by atoms with Crippen molar-refractivity contribution in [3.8, 4) is 5.75 Å². The highest BCUT2D eigenvalue weighted by atomic mass is 19.1. The molecule has 2 aliphatic carbocycles. The van der Waals surface area contributed by atoms with Gasteiger partial charge in [-0.3, -0.25) is 4.79 Å². The molecule has 2 fully saturated rings. The monoisotopic (exact) mass is 292 g/mol. The van der Waals surface area contributed by atoms with Crippen LogP contribution in [0.3, 0.4) is 0 Å². The van der Waals surface area contributed by atoms with Crippen LogP contribution in [0.15, 0.2) is 18.2 Å². The third-order valence-electron chi connectivity index (χ3n) is 3.76. The molecular formula is C16H21FN2O2. The second kappa shape index (κ2) is 6.43. The Kier molecular flexibility index (Phi) is 4.39. The molecule has 0 unspecified atom stereocenters. The van der Waals surface area contributed by atoms with Crippen LogP contribution in [-0.4, -0.2) is 25.1 Å². The maximum Gasteiger partial charge on any atom is 0.257 e. The standard InChI is InChI=1S/C16H21FN2O2/c17-13-5-12(9-18-14-3-4-14)6-15(7-13)21-10-16(20)19-8-11-1-2-11/h5-7,11,14,18H,1-4,8-10H2,(H,19,20). The Labute approximate surface area is 124 Å². The van der Waals surface area contributed by atoms with Crippen molar-refractivity contribution < 1.29 is 13.9 Å². The van der Waals surface area contributed by atoms with Crippen molar-refractivity contribution in [3.05, 3.63) is 29.6 Å². The van der Waals surface area contributed by atoms with Gasteiger partial charge in [0, 0.05) is 25.2 Å². The first kappa shape index (κ1) is 14.3. The van der Waals surface area contributed by atoms with Gasteiger partial charge in [-0.05, 0) is 49.3 Å². The lowest BCUT2D eigenvalue weighted by Gasteiger charge is -2.09. The highest BCUT2D eigenvalue weighted by Gasteiger charge is 2.22. The quantitative estimate of drug-likeness (QED) is 0.770. The van der Waals surface area contributed by atoms with Crippen LogP contribution < -0.4 is 15.4 Å². The summed E-state index contributed by atoms with van der Waals surface area (Å²) in [5, 5.41) is 6.15. The molecule has 4 nitrogen and oxygen atoms in total. The van der Waals surface area contributed by atoms with E-state index in [0.29, 0.717) is 24.3 Å². The minimum absolute atomic E-state index is 0.0638. The molecule has 3 rings (SSSR count). The van der Waals surface area contributed by atoms with Crippen molar-refractivity contribution in [2.45, 2.75) is 38.3 Å². The molecule has 0 aliphatic heterocycles. The fourth-order valence-corrected chi connectivity index (χ4v) is 2.14. The molecule has 0 heterocycles. The van der Waals surface area contributed by atoms with Gasteiger partial charge in [0.2, 0.25) is 0 Å². The summed E-state index contributed by atoms with van der Waals surface area (Å²) in [6.07, 6.45) is 4.78. The smallest absolute Gasteiger partial charge is 0.257 e. The van der Waals surface area contributed by atoms with Gasteiger partial charge in [0.25, 0.3) is 5.91 Å². The Morgan fingerprint density at radius 3 is 2.76 bits per heavy atom. The first-order chi connectivity index (χ1) is 10.2. The topological polar surface area (TPSA) is 50.4 Å². The van der Waals surface area contributed by atoms with Crippen LogP contribution >= 0.6 is 0 Å². The van der Waals surface area contributed by atoms with Crippen LogP contribution in [0.4, 0.5) is 4.39 Å². The minimum atomic E-state index is -0.335. The molecule has 1 amide bonds. The number of halogens is 1. The van der Waals surface area contributed by atoms with Crippen LogP contribution in [0, 0.1) is 11.7 Å². The summed E-state index contributed by atoms with van der Waals surface area (Å²) >= 11 is 0. The van der Waals surface area contributed by atoms with E-state index in [2.05, 4.69) is 10.6 Å². The largest absolute Gasteiger partial charge is 0.484 e. The Bertz CT molecular complexity index is 513. The fourth-order valence-electron chi connectivity index (χ4n) is 2.14. The van der Waals surface area contributed by atoms with Gasteiger partial charge in [-0.1, -0.05) is 0 Å². The van der Waals surface area contributed by atoms with Gasteiger partial charge in [0.05, 0.1) is 0 Å². The van der Waals surface area contributed by atoms with Gasteiger partial charge in [-0.15, -0.1) is 0 Å². The van der Waals surface area contributed by atoms with Gasteiger partial charge in [-0.2, -0.15) is 0 Å². The van der Waals surface area contributed by atoms with Crippen LogP contribution in [0.5, 0.6) is 5.75 Å². The SMILES string of the molecule is O=C(COc1cc(F)cc(CNC2CC2)c1)NCC1CC1. The normalized spacial score (nSPS) is 17.6. The molecule has 2 saturated carbocycles. The first-order valence-corrected chi connectivity index (χ1v) is 7.61. The van der Waals surface area contributed by atoms with Crippen molar-refractivity contribution in [2.24, 2.45) is 5.92 Å². The molecule has 114 valence electrons. The van der Waals surface area contributed by atoms with E-state index in [1.54, 1.807) is 6.07 Å². The third kappa shape index (κ3) is 5.01. The number of ether oxygens (including phenoxy) is 1. The van der Waals surface area contributed by atoms with Crippen LogP contribution in [-0.2, 0) is 11.3 Å².